The maximum absolute atomic E-state index is 11.7. The lowest BCUT2D eigenvalue weighted by molar-refractivity contribution is -0.120. The fourth-order valence-corrected chi connectivity index (χ4v) is 1.77. The summed E-state index contributed by atoms with van der Waals surface area (Å²) in [5.41, 5.74) is 1.91. The number of carbonyl (C=O) groups excluding carboxylic acids is 2. The highest BCUT2D eigenvalue weighted by atomic mass is 16.5. The Morgan fingerprint density at radius 1 is 1.30 bits per heavy atom. The minimum Gasteiger partial charge on any atom is -0.380 e. The second-order valence-corrected chi connectivity index (χ2v) is 4.46. The Kier molecular flexibility index (Phi) is 8.07. The van der Waals surface area contributed by atoms with Gasteiger partial charge in [0.05, 0.1) is 13.0 Å². The van der Waals surface area contributed by atoms with Gasteiger partial charge in [-0.3, -0.25) is 9.59 Å². The van der Waals surface area contributed by atoms with E-state index in [0.717, 1.165) is 24.2 Å². The summed E-state index contributed by atoms with van der Waals surface area (Å²) in [5.74, 6) is -0.0226. The van der Waals surface area contributed by atoms with Crippen LogP contribution < -0.4 is 10.6 Å². The predicted molar refractivity (Wildman–Crippen MR) is 77.2 cm³/mol. The molecule has 1 aromatic carbocycles. The standard InChI is InChI=1S/C15H22N2O3/c1-2-7-20-8-6-17-15(19)10-13-4-3-5-14(9-13)11-16-12-18/h3-5,9,12H,2,6-8,10-11H2,1H3,(H,16,18)(H,17,19). The molecule has 0 saturated carbocycles. The fraction of sp³-hybridized carbons (Fsp3) is 0.467. The first-order valence-corrected chi connectivity index (χ1v) is 6.85. The molecule has 2 N–H and O–H groups in total. The summed E-state index contributed by atoms with van der Waals surface area (Å²) < 4.78 is 5.29. The molecule has 0 aliphatic carbocycles. The molecule has 0 fully saturated rings. The van der Waals surface area contributed by atoms with Gasteiger partial charge in [-0.2, -0.15) is 0 Å². The summed E-state index contributed by atoms with van der Waals surface area (Å²) >= 11 is 0. The molecule has 1 rings (SSSR count). The van der Waals surface area contributed by atoms with E-state index in [1.807, 2.05) is 31.2 Å². The predicted octanol–water partition coefficient (Wildman–Crippen LogP) is 1.02. The van der Waals surface area contributed by atoms with Crippen LogP contribution in [0.3, 0.4) is 0 Å². The molecule has 5 nitrogen and oxygen atoms in total. The minimum atomic E-state index is -0.0226. The van der Waals surface area contributed by atoms with Crippen molar-refractivity contribution in [2.75, 3.05) is 19.8 Å². The Hall–Kier alpha value is -1.88. The van der Waals surface area contributed by atoms with Gasteiger partial charge in [0.1, 0.15) is 0 Å². The van der Waals surface area contributed by atoms with Crippen molar-refractivity contribution in [2.24, 2.45) is 0 Å². The molecule has 0 radical (unpaired) electrons. The molecule has 0 atom stereocenters. The molecule has 1 aromatic rings. The first kappa shape index (κ1) is 16.2. The van der Waals surface area contributed by atoms with Crippen molar-refractivity contribution >= 4 is 12.3 Å². The number of hydrogen-bond donors (Lipinski definition) is 2. The normalized spacial score (nSPS) is 10.1. The van der Waals surface area contributed by atoms with Gasteiger partial charge in [0.15, 0.2) is 0 Å². The number of rotatable bonds is 10. The van der Waals surface area contributed by atoms with Crippen molar-refractivity contribution in [1.82, 2.24) is 10.6 Å². The summed E-state index contributed by atoms with van der Waals surface area (Å²) in [6.07, 6.45) is 1.98. The van der Waals surface area contributed by atoms with Crippen LogP contribution in [-0.2, 0) is 27.3 Å². The summed E-state index contributed by atoms with van der Waals surface area (Å²) in [7, 11) is 0. The Morgan fingerprint density at radius 2 is 2.10 bits per heavy atom. The van der Waals surface area contributed by atoms with Crippen LogP contribution in [0.5, 0.6) is 0 Å². The lowest BCUT2D eigenvalue weighted by Gasteiger charge is -2.07. The van der Waals surface area contributed by atoms with E-state index in [4.69, 9.17) is 4.74 Å². The highest BCUT2D eigenvalue weighted by molar-refractivity contribution is 5.78. The van der Waals surface area contributed by atoms with E-state index in [0.29, 0.717) is 32.5 Å². The lowest BCUT2D eigenvalue weighted by atomic mass is 10.1. The van der Waals surface area contributed by atoms with Crippen LogP contribution in [0.15, 0.2) is 24.3 Å². The molecule has 0 bridgehead atoms. The molecule has 0 aliphatic rings. The Labute approximate surface area is 119 Å². The quantitative estimate of drug-likeness (QED) is 0.496. The smallest absolute Gasteiger partial charge is 0.224 e. The van der Waals surface area contributed by atoms with Gasteiger partial charge in [-0.1, -0.05) is 31.2 Å². The van der Waals surface area contributed by atoms with Gasteiger partial charge >= 0.3 is 0 Å². The molecule has 0 saturated heterocycles. The molecule has 0 heterocycles. The Bertz CT molecular complexity index is 421. The van der Waals surface area contributed by atoms with E-state index in [1.165, 1.54) is 0 Å². The number of nitrogens with one attached hydrogen (secondary N) is 2. The number of benzene rings is 1. The number of ether oxygens (including phenoxy) is 1. The van der Waals surface area contributed by atoms with Crippen LogP contribution in [0.2, 0.25) is 0 Å². The third-order valence-corrected chi connectivity index (χ3v) is 2.66. The second-order valence-electron chi connectivity index (χ2n) is 4.46. The summed E-state index contributed by atoms with van der Waals surface area (Å²) in [4.78, 5) is 22.0. The molecule has 2 amide bonds. The van der Waals surface area contributed by atoms with E-state index in [1.54, 1.807) is 0 Å². The zero-order valence-electron chi connectivity index (χ0n) is 11.9. The fourth-order valence-electron chi connectivity index (χ4n) is 1.77. The van der Waals surface area contributed by atoms with Gasteiger partial charge in [0.2, 0.25) is 12.3 Å². The molecular weight excluding hydrogens is 256 g/mol. The number of amides is 2. The maximum Gasteiger partial charge on any atom is 0.224 e. The Balaban J connectivity index is 2.32. The van der Waals surface area contributed by atoms with Crippen LogP contribution in [0.1, 0.15) is 24.5 Å². The number of carbonyl (C=O) groups is 2. The molecule has 20 heavy (non-hydrogen) atoms. The summed E-state index contributed by atoms with van der Waals surface area (Å²) in [5, 5.41) is 5.42. The van der Waals surface area contributed by atoms with Gasteiger partial charge in [0, 0.05) is 19.7 Å². The SMILES string of the molecule is CCCOCCNC(=O)Cc1cccc(CNC=O)c1. The van der Waals surface area contributed by atoms with Crippen molar-refractivity contribution in [1.29, 1.82) is 0 Å². The van der Waals surface area contributed by atoms with Crippen LogP contribution in [0.25, 0.3) is 0 Å². The van der Waals surface area contributed by atoms with Crippen molar-refractivity contribution < 1.29 is 14.3 Å². The van der Waals surface area contributed by atoms with Gasteiger partial charge < -0.3 is 15.4 Å². The van der Waals surface area contributed by atoms with Crippen LogP contribution in [0.4, 0.5) is 0 Å². The first-order valence-electron chi connectivity index (χ1n) is 6.85. The van der Waals surface area contributed by atoms with Crippen LogP contribution in [-0.4, -0.2) is 32.1 Å². The molecule has 0 spiro atoms. The average molecular weight is 278 g/mol. The first-order chi connectivity index (χ1) is 9.76. The van der Waals surface area contributed by atoms with E-state index >= 15 is 0 Å². The minimum absolute atomic E-state index is 0.0226. The zero-order valence-corrected chi connectivity index (χ0v) is 11.9. The van der Waals surface area contributed by atoms with Crippen molar-refractivity contribution in [3.05, 3.63) is 35.4 Å². The maximum atomic E-state index is 11.7. The third kappa shape index (κ3) is 6.89. The molecule has 110 valence electrons. The van der Waals surface area contributed by atoms with Crippen molar-refractivity contribution in [3.8, 4) is 0 Å². The molecular formula is C15H22N2O3. The Morgan fingerprint density at radius 3 is 2.85 bits per heavy atom. The van der Waals surface area contributed by atoms with Crippen LogP contribution in [0, 0.1) is 0 Å². The third-order valence-electron chi connectivity index (χ3n) is 2.66. The van der Waals surface area contributed by atoms with Crippen molar-refractivity contribution in [3.63, 3.8) is 0 Å². The van der Waals surface area contributed by atoms with E-state index < -0.39 is 0 Å². The monoisotopic (exact) mass is 278 g/mol. The van der Waals surface area contributed by atoms with Crippen molar-refractivity contribution in [2.45, 2.75) is 26.3 Å². The lowest BCUT2D eigenvalue weighted by Crippen LogP contribution is -2.28. The van der Waals surface area contributed by atoms with Crippen LogP contribution >= 0.6 is 0 Å². The zero-order chi connectivity index (χ0) is 14.6. The van der Waals surface area contributed by atoms with Gasteiger partial charge in [0.25, 0.3) is 0 Å². The van der Waals surface area contributed by atoms with E-state index in [2.05, 4.69) is 10.6 Å². The van der Waals surface area contributed by atoms with E-state index in [9.17, 15) is 9.59 Å². The van der Waals surface area contributed by atoms with Gasteiger partial charge in [-0.05, 0) is 17.5 Å². The second kappa shape index (κ2) is 9.97. The highest BCUT2D eigenvalue weighted by Crippen LogP contribution is 2.05. The molecule has 0 unspecified atom stereocenters. The highest BCUT2D eigenvalue weighted by Gasteiger charge is 2.03. The van der Waals surface area contributed by atoms with Gasteiger partial charge in [-0.25, -0.2) is 0 Å². The topological polar surface area (TPSA) is 67.4 Å². The molecule has 5 heteroatoms. The number of hydrogen-bond acceptors (Lipinski definition) is 3. The average Bonchev–Trinajstić information content (AvgIpc) is 2.45. The summed E-state index contributed by atoms with van der Waals surface area (Å²) in [6.45, 7) is 4.32. The molecule has 0 aromatic heterocycles. The van der Waals surface area contributed by atoms with Gasteiger partial charge in [-0.15, -0.1) is 0 Å². The summed E-state index contributed by atoms with van der Waals surface area (Å²) in [6, 6.07) is 7.62. The van der Waals surface area contributed by atoms with E-state index in [-0.39, 0.29) is 5.91 Å². The largest absolute Gasteiger partial charge is 0.380 e. The molecule has 0 aliphatic heterocycles.